The summed E-state index contributed by atoms with van der Waals surface area (Å²) in [5.41, 5.74) is 7.84. The minimum absolute atomic E-state index is 0.388. The highest BCUT2D eigenvalue weighted by molar-refractivity contribution is 7.18. The zero-order valence-electron chi connectivity index (χ0n) is 12.5. The molecular weight excluding hydrogens is 306 g/mol. The quantitative estimate of drug-likeness (QED) is 0.798. The number of ether oxygens (including phenoxy) is 1. The number of thiophene rings is 1. The van der Waals surface area contributed by atoms with Gasteiger partial charge in [-0.1, -0.05) is 23.7 Å². The summed E-state index contributed by atoms with van der Waals surface area (Å²) >= 11 is 7.36. The Labute approximate surface area is 133 Å². The Hall–Kier alpha value is -1.52. The van der Waals surface area contributed by atoms with Crippen LogP contribution in [0.5, 0.6) is 0 Å². The van der Waals surface area contributed by atoms with E-state index in [4.69, 9.17) is 22.1 Å². The topological polar surface area (TPSA) is 52.3 Å². The molecule has 0 atom stereocenters. The highest BCUT2D eigenvalue weighted by Gasteiger charge is 2.24. The number of rotatable bonds is 2. The van der Waals surface area contributed by atoms with Crippen molar-refractivity contribution in [2.75, 3.05) is 5.73 Å². The Morgan fingerprint density at radius 2 is 2.00 bits per heavy atom. The van der Waals surface area contributed by atoms with E-state index in [1.165, 1.54) is 11.3 Å². The molecule has 2 aromatic rings. The molecule has 2 N–H and O–H groups in total. The lowest BCUT2D eigenvalue weighted by atomic mass is 10.1. The third kappa shape index (κ3) is 3.57. The van der Waals surface area contributed by atoms with Crippen molar-refractivity contribution >= 4 is 34.6 Å². The van der Waals surface area contributed by atoms with E-state index in [2.05, 4.69) is 0 Å². The molecule has 0 radical (unpaired) electrons. The fourth-order valence-electron chi connectivity index (χ4n) is 1.91. The number of anilines is 1. The second-order valence-electron chi connectivity index (χ2n) is 5.81. The second kappa shape index (κ2) is 5.70. The van der Waals surface area contributed by atoms with Gasteiger partial charge in [0.1, 0.15) is 10.5 Å². The standard InChI is InChI=1S/C16H18ClNO2S/c1-9-12(18)14(15(19)20-16(2,3)4)21-13(9)10-6-5-7-11(17)8-10/h5-8H,18H2,1-4H3. The summed E-state index contributed by atoms with van der Waals surface area (Å²) in [5, 5.41) is 0.651. The van der Waals surface area contributed by atoms with E-state index < -0.39 is 5.60 Å². The smallest absolute Gasteiger partial charge is 0.351 e. The van der Waals surface area contributed by atoms with E-state index in [1.807, 2.05) is 52.0 Å². The van der Waals surface area contributed by atoms with E-state index in [0.717, 1.165) is 16.0 Å². The zero-order chi connectivity index (χ0) is 15.8. The number of benzene rings is 1. The number of carbonyl (C=O) groups excluding carboxylic acids is 1. The summed E-state index contributed by atoms with van der Waals surface area (Å²) in [5.74, 6) is -0.388. The van der Waals surface area contributed by atoms with Crippen molar-refractivity contribution in [2.45, 2.75) is 33.3 Å². The molecule has 0 aliphatic carbocycles. The Kier molecular flexibility index (Phi) is 4.30. The molecule has 0 fully saturated rings. The Morgan fingerprint density at radius 3 is 2.57 bits per heavy atom. The Balaban J connectivity index is 2.44. The van der Waals surface area contributed by atoms with Gasteiger partial charge in [0.15, 0.2) is 0 Å². The highest BCUT2D eigenvalue weighted by Crippen LogP contribution is 2.39. The maximum atomic E-state index is 12.2. The minimum atomic E-state index is -0.544. The third-order valence-corrected chi connectivity index (χ3v) is 4.44. The van der Waals surface area contributed by atoms with Crippen LogP contribution in [0.25, 0.3) is 10.4 Å². The molecule has 1 heterocycles. The summed E-state index contributed by atoms with van der Waals surface area (Å²) in [7, 11) is 0. The van der Waals surface area contributed by atoms with Crippen molar-refractivity contribution < 1.29 is 9.53 Å². The van der Waals surface area contributed by atoms with E-state index >= 15 is 0 Å². The molecule has 0 amide bonds. The number of carbonyl (C=O) groups is 1. The monoisotopic (exact) mass is 323 g/mol. The maximum absolute atomic E-state index is 12.2. The molecule has 0 saturated heterocycles. The van der Waals surface area contributed by atoms with Crippen LogP contribution < -0.4 is 5.73 Å². The number of esters is 1. The molecule has 0 aliphatic heterocycles. The maximum Gasteiger partial charge on any atom is 0.351 e. The van der Waals surface area contributed by atoms with E-state index in [-0.39, 0.29) is 5.97 Å². The lowest BCUT2D eigenvalue weighted by molar-refractivity contribution is 0.00763. The lowest BCUT2D eigenvalue weighted by Crippen LogP contribution is -2.23. The van der Waals surface area contributed by atoms with Gasteiger partial charge in [-0.3, -0.25) is 0 Å². The molecule has 0 spiro atoms. The molecular formula is C16H18ClNO2S. The first kappa shape index (κ1) is 15.9. The molecule has 21 heavy (non-hydrogen) atoms. The van der Waals surface area contributed by atoms with Gasteiger partial charge in [-0.05, 0) is 51.0 Å². The SMILES string of the molecule is Cc1c(-c2cccc(Cl)c2)sc(C(=O)OC(C)(C)C)c1N. The number of hydrogen-bond acceptors (Lipinski definition) is 4. The first-order chi connectivity index (χ1) is 9.69. The molecule has 3 nitrogen and oxygen atoms in total. The third-order valence-electron chi connectivity index (χ3n) is 2.86. The summed E-state index contributed by atoms with van der Waals surface area (Å²) < 4.78 is 5.40. The van der Waals surface area contributed by atoms with Crippen molar-refractivity contribution in [1.29, 1.82) is 0 Å². The van der Waals surface area contributed by atoms with Crippen molar-refractivity contribution in [3.8, 4) is 10.4 Å². The van der Waals surface area contributed by atoms with E-state index in [1.54, 1.807) is 0 Å². The number of nitrogen functional groups attached to an aromatic ring is 1. The predicted molar refractivity (Wildman–Crippen MR) is 89.1 cm³/mol. The van der Waals surface area contributed by atoms with Crippen LogP contribution in [-0.2, 0) is 4.74 Å². The first-order valence-electron chi connectivity index (χ1n) is 6.57. The van der Waals surface area contributed by atoms with Crippen LogP contribution in [0.15, 0.2) is 24.3 Å². The van der Waals surface area contributed by atoms with Gasteiger partial charge in [-0.25, -0.2) is 4.79 Å². The molecule has 0 aliphatic rings. The average molecular weight is 324 g/mol. The summed E-state index contributed by atoms with van der Waals surface area (Å²) in [4.78, 5) is 13.6. The minimum Gasteiger partial charge on any atom is -0.456 e. The molecule has 0 unspecified atom stereocenters. The van der Waals surface area contributed by atoms with Crippen LogP contribution in [0.3, 0.4) is 0 Å². The largest absolute Gasteiger partial charge is 0.456 e. The van der Waals surface area contributed by atoms with Crippen LogP contribution >= 0.6 is 22.9 Å². The fourth-order valence-corrected chi connectivity index (χ4v) is 3.20. The normalized spacial score (nSPS) is 11.5. The van der Waals surface area contributed by atoms with E-state index in [9.17, 15) is 4.79 Å². The Morgan fingerprint density at radius 1 is 1.33 bits per heavy atom. The zero-order valence-corrected chi connectivity index (χ0v) is 14.1. The van der Waals surface area contributed by atoms with Crippen molar-refractivity contribution in [3.05, 3.63) is 39.7 Å². The van der Waals surface area contributed by atoms with Gasteiger partial charge < -0.3 is 10.5 Å². The van der Waals surface area contributed by atoms with Crippen LogP contribution in [0.1, 0.15) is 36.0 Å². The molecule has 0 bridgehead atoms. The highest BCUT2D eigenvalue weighted by atomic mass is 35.5. The van der Waals surface area contributed by atoms with E-state index in [0.29, 0.717) is 15.6 Å². The van der Waals surface area contributed by atoms with Gasteiger partial charge in [-0.15, -0.1) is 11.3 Å². The van der Waals surface area contributed by atoms with Crippen molar-refractivity contribution in [3.63, 3.8) is 0 Å². The Bertz CT molecular complexity index is 686. The van der Waals surface area contributed by atoms with Crippen LogP contribution in [0, 0.1) is 6.92 Å². The van der Waals surface area contributed by atoms with Crippen molar-refractivity contribution in [1.82, 2.24) is 0 Å². The molecule has 1 aromatic heterocycles. The van der Waals surface area contributed by atoms with Gasteiger partial charge in [0.25, 0.3) is 0 Å². The number of nitrogens with two attached hydrogens (primary N) is 1. The van der Waals surface area contributed by atoms with Crippen LogP contribution in [0.4, 0.5) is 5.69 Å². The summed E-state index contributed by atoms with van der Waals surface area (Å²) in [6.07, 6.45) is 0. The van der Waals surface area contributed by atoms with Gasteiger partial charge in [-0.2, -0.15) is 0 Å². The number of hydrogen-bond donors (Lipinski definition) is 1. The van der Waals surface area contributed by atoms with Crippen molar-refractivity contribution in [2.24, 2.45) is 0 Å². The van der Waals surface area contributed by atoms with Gasteiger partial charge in [0.05, 0.1) is 5.69 Å². The summed E-state index contributed by atoms with van der Waals surface area (Å²) in [6.45, 7) is 7.40. The second-order valence-corrected chi connectivity index (χ2v) is 7.27. The van der Waals surface area contributed by atoms with Gasteiger partial charge >= 0.3 is 5.97 Å². The van der Waals surface area contributed by atoms with Crippen LogP contribution in [0.2, 0.25) is 5.02 Å². The first-order valence-corrected chi connectivity index (χ1v) is 7.76. The lowest BCUT2D eigenvalue weighted by Gasteiger charge is -2.19. The molecule has 0 saturated carbocycles. The van der Waals surface area contributed by atoms with Crippen LogP contribution in [-0.4, -0.2) is 11.6 Å². The molecule has 2 rings (SSSR count). The predicted octanol–water partition coefficient (Wildman–Crippen LogP) is 4.91. The van der Waals surface area contributed by atoms with Gasteiger partial charge in [0.2, 0.25) is 0 Å². The fraction of sp³-hybridized carbons (Fsp3) is 0.312. The molecule has 1 aromatic carbocycles. The molecule has 112 valence electrons. The number of halogens is 1. The van der Waals surface area contributed by atoms with Gasteiger partial charge in [0, 0.05) is 9.90 Å². The summed E-state index contributed by atoms with van der Waals surface area (Å²) in [6, 6.07) is 7.49. The average Bonchev–Trinajstić information content (AvgIpc) is 2.64. The molecule has 5 heteroatoms.